The fraction of sp³-hybridized carbons (Fsp3) is 0.643. The summed E-state index contributed by atoms with van der Waals surface area (Å²) in [5.74, 6) is 0.938. The van der Waals surface area contributed by atoms with Crippen molar-refractivity contribution in [3.63, 3.8) is 0 Å². The number of ketones is 1. The van der Waals surface area contributed by atoms with Gasteiger partial charge in [0.1, 0.15) is 0 Å². The monoisotopic (exact) mass is 276 g/mol. The van der Waals surface area contributed by atoms with Gasteiger partial charge in [0.2, 0.25) is 5.95 Å². The van der Waals surface area contributed by atoms with Crippen LogP contribution in [0.5, 0.6) is 0 Å². The van der Waals surface area contributed by atoms with Gasteiger partial charge in [-0.15, -0.1) is 0 Å². The second-order valence-corrected chi connectivity index (χ2v) is 5.26. The Bertz CT molecular complexity index is 451. The molecule has 0 radical (unpaired) electrons. The number of carbonyl (C=O) groups is 1. The van der Waals surface area contributed by atoms with Crippen LogP contribution < -0.4 is 10.2 Å². The van der Waals surface area contributed by atoms with Gasteiger partial charge in [0.05, 0.1) is 5.56 Å². The highest BCUT2D eigenvalue weighted by Crippen LogP contribution is 2.20. The number of hydrogen-bond acceptors (Lipinski definition) is 6. The van der Waals surface area contributed by atoms with Gasteiger partial charge in [0, 0.05) is 57.7 Å². The molecule has 1 aromatic heterocycles. The van der Waals surface area contributed by atoms with Crippen LogP contribution in [0.3, 0.4) is 0 Å². The van der Waals surface area contributed by atoms with Gasteiger partial charge in [-0.05, 0) is 12.8 Å². The lowest BCUT2D eigenvalue weighted by Gasteiger charge is -2.27. The minimum Gasteiger partial charge on any atom is -0.381 e. The van der Waals surface area contributed by atoms with Crippen LogP contribution in [0.4, 0.5) is 5.95 Å². The van der Waals surface area contributed by atoms with Crippen molar-refractivity contribution in [1.82, 2.24) is 15.3 Å². The molecule has 0 atom stereocenters. The molecule has 1 N–H and O–H groups in total. The normalized spacial score (nSPS) is 20.9. The van der Waals surface area contributed by atoms with Crippen LogP contribution in [-0.4, -0.2) is 55.1 Å². The summed E-state index contributed by atoms with van der Waals surface area (Å²) in [4.78, 5) is 23.2. The van der Waals surface area contributed by atoms with Crippen molar-refractivity contribution in [1.29, 1.82) is 0 Å². The highest BCUT2D eigenvalue weighted by atomic mass is 16.5. The Labute approximate surface area is 118 Å². The predicted octanol–water partition coefficient (Wildman–Crippen LogP) is 0.495. The van der Waals surface area contributed by atoms with E-state index in [9.17, 15) is 4.79 Å². The summed E-state index contributed by atoms with van der Waals surface area (Å²) in [6, 6.07) is 0. The minimum atomic E-state index is 0.0670. The third-order valence-corrected chi connectivity index (χ3v) is 3.91. The van der Waals surface area contributed by atoms with E-state index >= 15 is 0 Å². The Morgan fingerprint density at radius 1 is 1.20 bits per heavy atom. The molecular formula is C14H20N4O2. The molecule has 2 fully saturated rings. The van der Waals surface area contributed by atoms with Gasteiger partial charge in [0.25, 0.3) is 0 Å². The number of rotatable bonds is 3. The number of carbonyl (C=O) groups excluding carboxylic acids is 1. The molecule has 1 aromatic rings. The third kappa shape index (κ3) is 2.96. The van der Waals surface area contributed by atoms with E-state index in [1.165, 1.54) is 0 Å². The Balaban J connectivity index is 1.67. The van der Waals surface area contributed by atoms with E-state index in [0.29, 0.717) is 18.8 Å². The molecule has 108 valence electrons. The summed E-state index contributed by atoms with van der Waals surface area (Å²) in [5.41, 5.74) is 0.621. The van der Waals surface area contributed by atoms with Crippen LogP contribution in [0.1, 0.15) is 23.2 Å². The largest absolute Gasteiger partial charge is 0.381 e. The molecule has 0 amide bonds. The van der Waals surface area contributed by atoms with Gasteiger partial charge in [0.15, 0.2) is 5.78 Å². The van der Waals surface area contributed by atoms with Crippen LogP contribution in [0, 0.1) is 5.92 Å². The lowest BCUT2D eigenvalue weighted by atomic mass is 9.92. The van der Waals surface area contributed by atoms with E-state index in [4.69, 9.17) is 4.74 Å². The van der Waals surface area contributed by atoms with Gasteiger partial charge >= 0.3 is 0 Å². The molecule has 6 nitrogen and oxygen atoms in total. The van der Waals surface area contributed by atoms with Crippen LogP contribution in [0.2, 0.25) is 0 Å². The van der Waals surface area contributed by atoms with Crippen molar-refractivity contribution in [2.45, 2.75) is 12.8 Å². The van der Waals surface area contributed by atoms with Crippen LogP contribution in [-0.2, 0) is 4.74 Å². The number of Topliss-reactive ketones (excluding diaryl/α,β-unsaturated/α-hetero) is 1. The van der Waals surface area contributed by atoms with Gasteiger partial charge < -0.3 is 15.0 Å². The summed E-state index contributed by atoms with van der Waals surface area (Å²) in [6.07, 6.45) is 4.95. The summed E-state index contributed by atoms with van der Waals surface area (Å²) < 4.78 is 5.29. The van der Waals surface area contributed by atoms with Gasteiger partial charge in [-0.2, -0.15) is 0 Å². The maximum Gasteiger partial charge on any atom is 0.225 e. The maximum absolute atomic E-state index is 12.3. The fourth-order valence-corrected chi connectivity index (χ4v) is 2.67. The van der Waals surface area contributed by atoms with Gasteiger partial charge in [-0.1, -0.05) is 0 Å². The first-order chi connectivity index (χ1) is 9.84. The van der Waals surface area contributed by atoms with E-state index in [0.717, 1.165) is 45.0 Å². The average Bonchev–Trinajstić information content (AvgIpc) is 2.56. The summed E-state index contributed by atoms with van der Waals surface area (Å²) in [6.45, 7) is 5.07. The molecule has 0 unspecified atom stereocenters. The number of anilines is 1. The van der Waals surface area contributed by atoms with E-state index < -0.39 is 0 Å². The molecular weight excluding hydrogens is 256 g/mol. The lowest BCUT2D eigenvalue weighted by Crippen LogP contribution is -2.44. The van der Waals surface area contributed by atoms with Gasteiger partial charge in [-0.25, -0.2) is 9.97 Å². The van der Waals surface area contributed by atoms with Crippen LogP contribution in [0.15, 0.2) is 12.4 Å². The zero-order valence-electron chi connectivity index (χ0n) is 11.5. The summed E-state index contributed by atoms with van der Waals surface area (Å²) >= 11 is 0. The van der Waals surface area contributed by atoms with E-state index in [1.807, 2.05) is 0 Å². The molecule has 2 aliphatic heterocycles. The molecule has 6 heteroatoms. The Hall–Kier alpha value is -1.53. The number of piperazine rings is 1. The van der Waals surface area contributed by atoms with Crippen molar-refractivity contribution < 1.29 is 9.53 Å². The van der Waals surface area contributed by atoms with Gasteiger partial charge in [-0.3, -0.25) is 4.79 Å². The van der Waals surface area contributed by atoms with Crippen molar-refractivity contribution in [3.05, 3.63) is 18.0 Å². The standard InChI is InChI=1S/C14H20N4O2/c19-13(11-1-7-20-8-2-11)12-9-16-14(17-10-12)18-5-3-15-4-6-18/h9-11,15H,1-8H2. The molecule has 0 aromatic carbocycles. The van der Waals surface area contributed by atoms with Crippen LogP contribution >= 0.6 is 0 Å². The highest BCUT2D eigenvalue weighted by molar-refractivity contribution is 5.97. The Kier molecular flexibility index (Phi) is 4.22. The second kappa shape index (κ2) is 6.28. The molecule has 0 bridgehead atoms. The number of ether oxygens (including phenoxy) is 1. The van der Waals surface area contributed by atoms with E-state index in [1.54, 1.807) is 12.4 Å². The first kappa shape index (κ1) is 13.5. The van der Waals surface area contributed by atoms with Crippen LogP contribution in [0.25, 0.3) is 0 Å². The lowest BCUT2D eigenvalue weighted by molar-refractivity contribution is 0.0544. The van der Waals surface area contributed by atoms with Crippen molar-refractivity contribution >= 4 is 11.7 Å². The maximum atomic E-state index is 12.3. The number of nitrogens with one attached hydrogen (secondary N) is 1. The quantitative estimate of drug-likeness (QED) is 0.811. The Morgan fingerprint density at radius 2 is 1.85 bits per heavy atom. The number of nitrogens with zero attached hydrogens (tertiary/aromatic N) is 3. The minimum absolute atomic E-state index is 0.0670. The molecule has 2 aliphatic rings. The third-order valence-electron chi connectivity index (χ3n) is 3.91. The van der Waals surface area contributed by atoms with E-state index in [2.05, 4.69) is 20.2 Å². The molecule has 0 saturated carbocycles. The average molecular weight is 276 g/mol. The molecule has 3 heterocycles. The Morgan fingerprint density at radius 3 is 2.50 bits per heavy atom. The fourth-order valence-electron chi connectivity index (χ4n) is 2.67. The van der Waals surface area contributed by atoms with Crippen molar-refractivity contribution in [2.24, 2.45) is 5.92 Å². The number of hydrogen-bond donors (Lipinski definition) is 1. The summed E-state index contributed by atoms with van der Waals surface area (Å²) in [7, 11) is 0. The molecule has 0 aliphatic carbocycles. The predicted molar refractivity (Wildman–Crippen MR) is 75.0 cm³/mol. The summed E-state index contributed by atoms with van der Waals surface area (Å²) in [5, 5.41) is 3.29. The zero-order valence-corrected chi connectivity index (χ0v) is 11.5. The molecule has 3 rings (SSSR count). The smallest absolute Gasteiger partial charge is 0.225 e. The first-order valence-electron chi connectivity index (χ1n) is 7.24. The van der Waals surface area contributed by atoms with Crippen molar-refractivity contribution in [2.75, 3.05) is 44.3 Å². The molecule has 20 heavy (non-hydrogen) atoms. The first-order valence-corrected chi connectivity index (χ1v) is 7.24. The SMILES string of the molecule is O=C(c1cnc(N2CCNCC2)nc1)C1CCOCC1. The zero-order chi connectivity index (χ0) is 13.8. The highest BCUT2D eigenvalue weighted by Gasteiger charge is 2.23. The van der Waals surface area contributed by atoms with E-state index in [-0.39, 0.29) is 11.7 Å². The molecule has 2 saturated heterocycles. The van der Waals surface area contributed by atoms with Crippen molar-refractivity contribution in [3.8, 4) is 0 Å². The number of aromatic nitrogens is 2. The molecule has 0 spiro atoms. The topological polar surface area (TPSA) is 67.4 Å². The second-order valence-electron chi connectivity index (χ2n) is 5.26.